The average Bonchev–Trinajstić information content (AvgIpc) is 3.20. The molecule has 1 unspecified atom stereocenters. The number of thiophene rings is 1. The molecule has 0 aliphatic carbocycles. The highest BCUT2D eigenvalue weighted by Gasteiger charge is 2.31. The summed E-state index contributed by atoms with van der Waals surface area (Å²) >= 11 is 1.71. The first-order valence-electron chi connectivity index (χ1n) is 10.3. The number of carbonyl (C=O) groups is 1. The first kappa shape index (κ1) is 28.0. The number of nitrogens with one attached hydrogen (secondary N) is 2. The van der Waals surface area contributed by atoms with Gasteiger partial charge in [0.15, 0.2) is 5.96 Å². The predicted octanol–water partition coefficient (Wildman–Crippen LogP) is 3.71. The summed E-state index contributed by atoms with van der Waals surface area (Å²) in [6, 6.07) is 4.34. The Morgan fingerprint density at radius 3 is 2.58 bits per heavy atom. The van der Waals surface area contributed by atoms with Crippen LogP contribution in [0.5, 0.6) is 0 Å². The van der Waals surface area contributed by atoms with E-state index in [0.717, 1.165) is 38.9 Å². The van der Waals surface area contributed by atoms with Crippen molar-refractivity contribution in [2.75, 3.05) is 46.3 Å². The zero-order chi connectivity index (χ0) is 22.1. The Labute approximate surface area is 203 Å². The Morgan fingerprint density at radius 1 is 1.35 bits per heavy atom. The molecule has 2 N–H and O–H groups in total. The second kappa shape index (κ2) is 13.5. The lowest BCUT2D eigenvalue weighted by Gasteiger charge is -2.36. The molecule has 0 spiro atoms. The topological polar surface area (TPSA) is 60.0 Å². The lowest BCUT2D eigenvalue weighted by Crippen LogP contribution is -2.45. The van der Waals surface area contributed by atoms with E-state index in [0.29, 0.717) is 23.9 Å². The third kappa shape index (κ3) is 9.94. The van der Waals surface area contributed by atoms with Crippen LogP contribution in [0, 0.1) is 5.92 Å². The van der Waals surface area contributed by atoms with E-state index in [1.807, 2.05) is 13.0 Å². The van der Waals surface area contributed by atoms with Gasteiger partial charge < -0.3 is 15.5 Å². The van der Waals surface area contributed by atoms with Crippen LogP contribution in [0.2, 0.25) is 0 Å². The maximum Gasteiger partial charge on any atom is 0.406 e. The van der Waals surface area contributed by atoms with E-state index < -0.39 is 18.6 Å². The van der Waals surface area contributed by atoms with E-state index in [-0.39, 0.29) is 36.6 Å². The average molecular weight is 575 g/mol. The molecular weight excluding hydrogens is 542 g/mol. The van der Waals surface area contributed by atoms with Crippen molar-refractivity contribution in [3.05, 3.63) is 22.4 Å². The van der Waals surface area contributed by atoms with Gasteiger partial charge in [-0.3, -0.25) is 9.69 Å². The van der Waals surface area contributed by atoms with Gasteiger partial charge in [0, 0.05) is 25.0 Å². The van der Waals surface area contributed by atoms with Gasteiger partial charge in [0.2, 0.25) is 5.91 Å². The van der Waals surface area contributed by atoms with E-state index >= 15 is 0 Å². The molecule has 1 saturated heterocycles. The monoisotopic (exact) mass is 575 g/mol. The van der Waals surface area contributed by atoms with Crippen molar-refractivity contribution in [1.82, 2.24) is 20.4 Å². The molecule has 1 aliphatic heterocycles. The van der Waals surface area contributed by atoms with Crippen LogP contribution in [0.4, 0.5) is 13.2 Å². The van der Waals surface area contributed by atoms with Crippen LogP contribution in [0.3, 0.4) is 0 Å². The van der Waals surface area contributed by atoms with Crippen LogP contribution >= 0.6 is 35.3 Å². The van der Waals surface area contributed by atoms with Gasteiger partial charge in [-0.15, -0.1) is 35.3 Å². The number of nitrogens with zero attached hydrogens (tertiary/aromatic N) is 3. The molecule has 0 radical (unpaired) electrons. The highest BCUT2D eigenvalue weighted by molar-refractivity contribution is 14.0. The van der Waals surface area contributed by atoms with Gasteiger partial charge in [0.05, 0.1) is 6.04 Å². The maximum atomic E-state index is 12.5. The van der Waals surface area contributed by atoms with Crippen LogP contribution in [-0.4, -0.2) is 74.2 Å². The van der Waals surface area contributed by atoms with Gasteiger partial charge >= 0.3 is 6.18 Å². The maximum absolute atomic E-state index is 12.5. The molecule has 0 bridgehead atoms. The molecule has 178 valence electrons. The fourth-order valence-electron chi connectivity index (χ4n) is 3.39. The number of likely N-dealkylation sites (tertiary alicyclic amines) is 1. The summed E-state index contributed by atoms with van der Waals surface area (Å²) in [5.41, 5.74) is 0. The molecule has 0 saturated carbocycles. The molecule has 1 aliphatic rings. The quantitative estimate of drug-likeness (QED) is 0.282. The van der Waals surface area contributed by atoms with Crippen LogP contribution in [0.1, 0.15) is 37.6 Å². The van der Waals surface area contributed by atoms with Gasteiger partial charge in [0.25, 0.3) is 0 Å². The van der Waals surface area contributed by atoms with Crippen LogP contribution in [-0.2, 0) is 4.79 Å². The van der Waals surface area contributed by atoms with E-state index in [2.05, 4.69) is 38.9 Å². The lowest BCUT2D eigenvalue weighted by atomic mass is 9.97. The molecular formula is C20H33F3IN5OS. The van der Waals surface area contributed by atoms with Crippen LogP contribution in [0.25, 0.3) is 0 Å². The van der Waals surface area contributed by atoms with Crippen LogP contribution < -0.4 is 10.6 Å². The van der Waals surface area contributed by atoms with Crippen molar-refractivity contribution < 1.29 is 18.0 Å². The van der Waals surface area contributed by atoms with Crippen molar-refractivity contribution in [2.45, 2.75) is 38.9 Å². The second-order valence-corrected chi connectivity index (χ2v) is 8.67. The van der Waals surface area contributed by atoms with Gasteiger partial charge in [0.1, 0.15) is 13.1 Å². The molecule has 1 aromatic rings. The number of amides is 1. The minimum absolute atomic E-state index is 0. The van der Waals surface area contributed by atoms with E-state index in [1.54, 1.807) is 11.3 Å². The molecule has 0 aromatic carbocycles. The molecule has 2 heterocycles. The Balaban J connectivity index is 0.00000480. The first-order valence-corrected chi connectivity index (χ1v) is 11.2. The molecule has 11 heteroatoms. The summed E-state index contributed by atoms with van der Waals surface area (Å²) in [6.45, 7) is 5.80. The summed E-state index contributed by atoms with van der Waals surface area (Å²) in [5, 5.41) is 8.40. The zero-order valence-electron chi connectivity index (χ0n) is 18.2. The minimum Gasteiger partial charge on any atom is -0.357 e. The first-order chi connectivity index (χ1) is 14.2. The standard InChI is InChI=1S/C20H32F3N5OS.HI/c1-4-24-19(26-13-18(29)27(3)14-20(21,22)23)25-12-16(17-6-5-11-30-17)28-9-7-15(2)8-10-28;/h5-6,11,15-16H,4,7-10,12-14H2,1-3H3,(H2,24,25,26);1H. The van der Waals surface area contributed by atoms with Gasteiger partial charge in [-0.1, -0.05) is 13.0 Å². The third-order valence-electron chi connectivity index (χ3n) is 5.15. The lowest BCUT2D eigenvalue weighted by molar-refractivity contribution is -0.157. The van der Waals surface area contributed by atoms with E-state index in [9.17, 15) is 18.0 Å². The van der Waals surface area contributed by atoms with Gasteiger partial charge in [-0.05, 0) is 50.2 Å². The SMILES string of the molecule is CCNC(=NCC(=O)N(C)CC(F)(F)F)NCC(c1cccs1)N1CCC(C)CC1.I. The largest absolute Gasteiger partial charge is 0.406 e. The summed E-state index contributed by atoms with van der Waals surface area (Å²) < 4.78 is 37.4. The number of guanidine groups is 1. The molecule has 2 rings (SSSR count). The number of hydrogen-bond donors (Lipinski definition) is 2. The van der Waals surface area contributed by atoms with Crippen molar-refractivity contribution in [1.29, 1.82) is 0 Å². The number of carbonyl (C=O) groups excluding carboxylic acids is 1. The summed E-state index contributed by atoms with van der Waals surface area (Å²) in [5.74, 6) is 0.485. The van der Waals surface area contributed by atoms with Crippen molar-refractivity contribution in [3.8, 4) is 0 Å². The number of rotatable bonds is 8. The molecule has 1 atom stereocenters. The second-order valence-electron chi connectivity index (χ2n) is 7.69. The number of hydrogen-bond acceptors (Lipinski definition) is 4. The molecule has 1 amide bonds. The van der Waals surface area contributed by atoms with Crippen molar-refractivity contribution >= 4 is 47.2 Å². The predicted molar refractivity (Wildman–Crippen MR) is 130 cm³/mol. The van der Waals surface area contributed by atoms with E-state index in [1.165, 1.54) is 4.88 Å². The smallest absolute Gasteiger partial charge is 0.357 e. The van der Waals surface area contributed by atoms with Crippen LogP contribution in [0.15, 0.2) is 22.5 Å². The molecule has 6 nitrogen and oxygen atoms in total. The van der Waals surface area contributed by atoms with Gasteiger partial charge in [-0.25, -0.2) is 4.99 Å². The molecule has 1 aromatic heterocycles. The Kier molecular flexibility index (Phi) is 12.1. The summed E-state index contributed by atoms with van der Waals surface area (Å²) in [4.78, 5) is 20.6. The Hall–Kier alpha value is -1.08. The Bertz CT molecular complexity index is 679. The van der Waals surface area contributed by atoms with Crippen molar-refractivity contribution in [3.63, 3.8) is 0 Å². The Morgan fingerprint density at radius 2 is 2.03 bits per heavy atom. The van der Waals surface area contributed by atoms with Crippen molar-refractivity contribution in [2.24, 2.45) is 10.9 Å². The van der Waals surface area contributed by atoms with Gasteiger partial charge in [-0.2, -0.15) is 13.2 Å². The minimum atomic E-state index is -4.42. The third-order valence-corrected chi connectivity index (χ3v) is 6.13. The number of halogens is 4. The number of likely N-dealkylation sites (N-methyl/N-ethyl adjacent to an activating group) is 1. The number of alkyl halides is 3. The zero-order valence-corrected chi connectivity index (χ0v) is 21.4. The fourth-order valence-corrected chi connectivity index (χ4v) is 4.25. The number of aliphatic imine (C=N–C) groups is 1. The number of piperidine rings is 1. The summed E-state index contributed by atoms with van der Waals surface area (Å²) in [7, 11) is 1.13. The highest BCUT2D eigenvalue weighted by atomic mass is 127. The highest BCUT2D eigenvalue weighted by Crippen LogP contribution is 2.29. The molecule has 31 heavy (non-hydrogen) atoms. The fraction of sp³-hybridized carbons (Fsp3) is 0.700. The molecule has 1 fully saturated rings. The normalized spacial score (nSPS) is 17.0. The summed E-state index contributed by atoms with van der Waals surface area (Å²) in [6.07, 6.45) is -2.09. The van der Waals surface area contributed by atoms with E-state index in [4.69, 9.17) is 0 Å².